The van der Waals surface area contributed by atoms with Gasteiger partial charge in [-0.25, -0.2) is 4.79 Å². The number of nitrogens with zero attached hydrogens (tertiary/aromatic N) is 1. The van der Waals surface area contributed by atoms with E-state index in [1.54, 1.807) is 18.0 Å². The zero-order valence-corrected chi connectivity index (χ0v) is 11.8. The van der Waals surface area contributed by atoms with Crippen LogP contribution >= 0.6 is 15.9 Å². The molecule has 1 aromatic carbocycles. The lowest BCUT2D eigenvalue weighted by Gasteiger charge is -2.19. The van der Waals surface area contributed by atoms with Crippen LogP contribution in [0, 0.1) is 0 Å². The molecule has 0 saturated heterocycles. The summed E-state index contributed by atoms with van der Waals surface area (Å²) in [4.78, 5) is 24.7. The minimum atomic E-state index is -0.300. The van der Waals surface area contributed by atoms with E-state index in [0.29, 0.717) is 12.2 Å². The predicted octanol–water partition coefficient (Wildman–Crippen LogP) is 2.11. The number of urea groups is 1. The third kappa shape index (κ3) is 2.33. The predicted molar refractivity (Wildman–Crippen MR) is 74.0 cm³/mol. The fourth-order valence-electron chi connectivity index (χ4n) is 2.10. The zero-order chi connectivity index (χ0) is 13.3. The van der Waals surface area contributed by atoms with Crippen molar-refractivity contribution in [2.75, 3.05) is 23.8 Å². The average molecular weight is 312 g/mol. The Bertz CT molecular complexity index is 516. The number of carbonyl (C=O) groups is 2. The fourth-order valence-corrected chi connectivity index (χ4v) is 2.61. The molecule has 5 nitrogen and oxygen atoms in total. The summed E-state index contributed by atoms with van der Waals surface area (Å²) in [6.07, 6.45) is 0.802. The Morgan fingerprint density at radius 3 is 2.72 bits per heavy atom. The molecule has 0 atom stereocenters. The van der Waals surface area contributed by atoms with Crippen LogP contribution in [0.3, 0.4) is 0 Å². The van der Waals surface area contributed by atoms with E-state index in [1.165, 1.54) is 6.92 Å². The van der Waals surface area contributed by atoms with Crippen molar-refractivity contribution in [1.29, 1.82) is 0 Å². The molecular formula is C12H14BrN3O2. The lowest BCUT2D eigenvalue weighted by atomic mass is 10.1. The highest BCUT2D eigenvalue weighted by atomic mass is 79.9. The average Bonchev–Trinajstić information content (AvgIpc) is 2.72. The molecule has 0 unspecified atom stereocenters. The summed E-state index contributed by atoms with van der Waals surface area (Å²) < 4.78 is 0.887. The minimum Gasteiger partial charge on any atom is -0.341 e. The highest BCUT2D eigenvalue weighted by Crippen LogP contribution is 2.38. The van der Waals surface area contributed by atoms with Crippen molar-refractivity contribution < 1.29 is 9.59 Å². The Labute approximate surface area is 114 Å². The summed E-state index contributed by atoms with van der Waals surface area (Å²) in [6.45, 7) is 2.18. The Morgan fingerprint density at radius 2 is 2.11 bits per heavy atom. The van der Waals surface area contributed by atoms with Crippen molar-refractivity contribution in [3.63, 3.8) is 0 Å². The van der Waals surface area contributed by atoms with Crippen molar-refractivity contribution in [3.8, 4) is 0 Å². The van der Waals surface area contributed by atoms with Gasteiger partial charge in [0.15, 0.2) is 0 Å². The number of nitrogens with one attached hydrogen (secondary N) is 2. The number of rotatable bonds is 1. The molecule has 96 valence electrons. The van der Waals surface area contributed by atoms with Crippen LogP contribution in [-0.4, -0.2) is 25.5 Å². The van der Waals surface area contributed by atoms with Crippen LogP contribution in [0.2, 0.25) is 0 Å². The topological polar surface area (TPSA) is 61.4 Å². The molecule has 3 amide bonds. The Kier molecular flexibility index (Phi) is 3.56. The van der Waals surface area contributed by atoms with Crippen molar-refractivity contribution in [3.05, 3.63) is 22.2 Å². The molecule has 1 aromatic rings. The van der Waals surface area contributed by atoms with Gasteiger partial charge in [0, 0.05) is 25.0 Å². The second-order valence-electron chi connectivity index (χ2n) is 4.09. The number of fused-ring (bicyclic) bond motifs is 1. The van der Waals surface area contributed by atoms with Gasteiger partial charge in [-0.3, -0.25) is 4.79 Å². The highest BCUT2D eigenvalue weighted by molar-refractivity contribution is 9.10. The summed E-state index contributed by atoms with van der Waals surface area (Å²) in [7, 11) is 1.55. The molecule has 0 bridgehead atoms. The largest absolute Gasteiger partial charge is 0.341 e. The SMILES string of the molecule is CNC(=O)Nc1cc(Br)cc2c1N(C(C)=O)CC2. The second kappa shape index (κ2) is 4.97. The Balaban J connectivity index is 2.46. The number of anilines is 2. The maximum absolute atomic E-state index is 11.6. The van der Waals surface area contributed by atoms with Gasteiger partial charge in [0.1, 0.15) is 0 Å². The van der Waals surface area contributed by atoms with Crippen LogP contribution in [0.15, 0.2) is 16.6 Å². The van der Waals surface area contributed by atoms with Crippen molar-refractivity contribution in [1.82, 2.24) is 5.32 Å². The van der Waals surface area contributed by atoms with E-state index >= 15 is 0 Å². The van der Waals surface area contributed by atoms with Gasteiger partial charge in [-0.15, -0.1) is 0 Å². The first-order valence-electron chi connectivity index (χ1n) is 5.62. The van der Waals surface area contributed by atoms with Crippen molar-refractivity contribution in [2.45, 2.75) is 13.3 Å². The number of amides is 3. The molecule has 2 rings (SSSR count). The number of benzene rings is 1. The first kappa shape index (κ1) is 12.9. The van der Waals surface area contributed by atoms with E-state index in [1.807, 2.05) is 6.07 Å². The number of carbonyl (C=O) groups excluding carboxylic acids is 2. The monoisotopic (exact) mass is 311 g/mol. The molecular weight excluding hydrogens is 298 g/mol. The van der Waals surface area contributed by atoms with E-state index < -0.39 is 0 Å². The molecule has 1 heterocycles. The molecule has 0 fully saturated rings. The molecule has 0 saturated carbocycles. The van der Waals surface area contributed by atoms with Gasteiger partial charge in [-0.2, -0.15) is 0 Å². The van der Waals surface area contributed by atoms with Gasteiger partial charge < -0.3 is 15.5 Å². The lowest BCUT2D eigenvalue weighted by molar-refractivity contribution is -0.116. The second-order valence-corrected chi connectivity index (χ2v) is 5.00. The van der Waals surface area contributed by atoms with Crippen LogP contribution in [0.4, 0.5) is 16.2 Å². The Hall–Kier alpha value is -1.56. The third-order valence-electron chi connectivity index (χ3n) is 2.88. The first-order valence-corrected chi connectivity index (χ1v) is 6.41. The fraction of sp³-hybridized carbons (Fsp3) is 0.333. The maximum atomic E-state index is 11.6. The molecule has 1 aliphatic heterocycles. The maximum Gasteiger partial charge on any atom is 0.319 e. The third-order valence-corrected chi connectivity index (χ3v) is 3.34. The quantitative estimate of drug-likeness (QED) is 0.834. The number of halogens is 1. The number of hydrogen-bond acceptors (Lipinski definition) is 2. The van der Waals surface area contributed by atoms with E-state index in [4.69, 9.17) is 0 Å². The van der Waals surface area contributed by atoms with E-state index in [9.17, 15) is 9.59 Å². The summed E-state index contributed by atoms with van der Waals surface area (Å²) in [5.74, 6) is -0.0176. The van der Waals surface area contributed by atoms with Gasteiger partial charge >= 0.3 is 6.03 Å². The summed E-state index contributed by atoms with van der Waals surface area (Å²) in [6, 6.07) is 3.48. The number of hydrogen-bond donors (Lipinski definition) is 2. The van der Waals surface area contributed by atoms with E-state index in [-0.39, 0.29) is 11.9 Å². The Morgan fingerprint density at radius 1 is 1.39 bits per heavy atom. The normalized spacial score (nSPS) is 13.2. The van der Waals surface area contributed by atoms with Crippen LogP contribution in [0.1, 0.15) is 12.5 Å². The molecule has 0 aliphatic carbocycles. The van der Waals surface area contributed by atoms with Crippen LogP contribution in [-0.2, 0) is 11.2 Å². The van der Waals surface area contributed by atoms with Gasteiger partial charge in [0.25, 0.3) is 0 Å². The van der Waals surface area contributed by atoms with Gasteiger partial charge in [0.2, 0.25) is 5.91 Å². The summed E-state index contributed by atoms with van der Waals surface area (Å²) in [5, 5.41) is 5.24. The zero-order valence-electron chi connectivity index (χ0n) is 10.2. The molecule has 0 radical (unpaired) electrons. The van der Waals surface area contributed by atoms with E-state index in [2.05, 4.69) is 26.6 Å². The van der Waals surface area contributed by atoms with Crippen LogP contribution in [0.25, 0.3) is 0 Å². The highest BCUT2D eigenvalue weighted by Gasteiger charge is 2.26. The lowest BCUT2D eigenvalue weighted by Crippen LogP contribution is -2.29. The van der Waals surface area contributed by atoms with Gasteiger partial charge in [-0.05, 0) is 24.1 Å². The van der Waals surface area contributed by atoms with Crippen LogP contribution in [0.5, 0.6) is 0 Å². The first-order chi connectivity index (χ1) is 8.52. The summed E-state index contributed by atoms with van der Waals surface area (Å²) in [5.41, 5.74) is 2.51. The minimum absolute atomic E-state index is 0.0176. The molecule has 6 heteroatoms. The van der Waals surface area contributed by atoms with E-state index in [0.717, 1.165) is 22.1 Å². The summed E-state index contributed by atoms with van der Waals surface area (Å²) >= 11 is 3.41. The van der Waals surface area contributed by atoms with Gasteiger partial charge in [0.05, 0.1) is 11.4 Å². The molecule has 18 heavy (non-hydrogen) atoms. The van der Waals surface area contributed by atoms with Gasteiger partial charge in [-0.1, -0.05) is 15.9 Å². The van der Waals surface area contributed by atoms with Crippen LogP contribution < -0.4 is 15.5 Å². The molecule has 1 aliphatic rings. The molecule has 2 N–H and O–H groups in total. The molecule has 0 spiro atoms. The van der Waals surface area contributed by atoms with Crippen molar-refractivity contribution >= 4 is 39.2 Å². The molecule has 0 aromatic heterocycles. The standard InChI is InChI=1S/C12H14BrN3O2/c1-7(17)16-4-3-8-5-9(13)6-10(11(8)16)15-12(18)14-2/h5-6H,3-4H2,1-2H3,(H2,14,15,18). The van der Waals surface area contributed by atoms with Crippen molar-refractivity contribution in [2.24, 2.45) is 0 Å². The smallest absolute Gasteiger partial charge is 0.319 e.